The van der Waals surface area contributed by atoms with Crippen molar-refractivity contribution in [2.24, 2.45) is 0 Å². The second-order valence-corrected chi connectivity index (χ2v) is 5.72. The lowest BCUT2D eigenvalue weighted by molar-refractivity contribution is -0.385. The molecule has 20 heavy (non-hydrogen) atoms. The SMILES string of the molecule is CS(=O)(=O)c1ccc(OC(=O)CC(=O)O)c([N+](=O)[O-])c1. The van der Waals surface area contributed by atoms with Gasteiger partial charge in [0, 0.05) is 12.3 Å². The number of hydrogen-bond acceptors (Lipinski definition) is 7. The lowest BCUT2D eigenvalue weighted by Crippen LogP contribution is -2.14. The Hall–Kier alpha value is -2.49. The van der Waals surface area contributed by atoms with E-state index in [2.05, 4.69) is 4.74 Å². The number of aliphatic carboxylic acids is 1. The highest BCUT2D eigenvalue weighted by atomic mass is 32.2. The fourth-order valence-electron chi connectivity index (χ4n) is 1.24. The van der Waals surface area contributed by atoms with E-state index in [1.54, 1.807) is 0 Å². The van der Waals surface area contributed by atoms with Gasteiger partial charge in [0.1, 0.15) is 6.42 Å². The van der Waals surface area contributed by atoms with Crippen molar-refractivity contribution in [1.82, 2.24) is 0 Å². The summed E-state index contributed by atoms with van der Waals surface area (Å²) in [6.45, 7) is 0. The smallest absolute Gasteiger partial charge is 0.322 e. The van der Waals surface area contributed by atoms with Crippen molar-refractivity contribution < 1.29 is 32.8 Å². The lowest BCUT2D eigenvalue weighted by Gasteiger charge is -2.05. The second kappa shape index (κ2) is 5.65. The first-order chi connectivity index (χ1) is 9.11. The van der Waals surface area contributed by atoms with Gasteiger partial charge in [0.15, 0.2) is 9.84 Å². The molecule has 0 heterocycles. The number of carboxylic acids is 1. The molecule has 0 unspecified atom stereocenters. The van der Waals surface area contributed by atoms with E-state index in [4.69, 9.17) is 5.11 Å². The normalized spacial score (nSPS) is 10.8. The van der Waals surface area contributed by atoms with Crippen LogP contribution in [0.2, 0.25) is 0 Å². The van der Waals surface area contributed by atoms with Gasteiger partial charge in [0.25, 0.3) is 0 Å². The van der Waals surface area contributed by atoms with E-state index >= 15 is 0 Å². The van der Waals surface area contributed by atoms with Gasteiger partial charge in [0.05, 0.1) is 9.82 Å². The van der Waals surface area contributed by atoms with Gasteiger partial charge in [-0.3, -0.25) is 19.7 Å². The Morgan fingerprint density at radius 2 is 2.00 bits per heavy atom. The minimum Gasteiger partial charge on any atom is -0.481 e. The number of nitrogens with zero attached hydrogens (tertiary/aromatic N) is 1. The van der Waals surface area contributed by atoms with Crippen molar-refractivity contribution in [3.63, 3.8) is 0 Å². The van der Waals surface area contributed by atoms with Crippen molar-refractivity contribution in [3.05, 3.63) is 28.3 Å². The van der Waals surface area contributed by atoms with E-state index in [0.29, 0.717) is 0 Å². The van der Waals surface area contributed by atoms with E-state index in [1.165, 1.54) is 0 Å². The third kappa shape index (κ3) is 4.02. The Morgan fingerprint density at radius 3 is 2.45 bits per heavy atom. The first kappa shape index (κ1) is 15.6. The highest BCUT2D eigenvalue weighted by molar-refractivity contribution is 7.90. The van der Waals surface area contributed by atoms with Gasteiger partial charge in [-0.25, -0.2) is 8.42 Å². The maximum absolute atomic E-state index is 11.3. The van der Waals surface area contributed by atoms with Crippen LogP contribution in [0.1, 0.15) is 6.42 Å². The molecule has 0 amide bonds. The molecule has 0 atom stereocenters. The highest BCUT2D eigenvalue weighted by Gasteiger charge is 2.22. The zero-order chi connectivity index (χ0) is 15.5. The average molecular weight is 303 g/mol. The number of carboxylic acid groups (broad SMARTS) is 1. The number of ether oxygens (including phenoxy) is 1. The van der Waals surface area contributed by atoms with Crippen LogP contribution in [-0.2, 0) is 19.4 Å². The van der Waals surface area contributed by atoms with E-state index in [-0.39, 0.29) is 4.90 Å². The third-order valence-corrected chi connectivity index (χ3v) is 3.18. The topological polar surface area (TPSA) is 141 Å². The van der Waals surface area contributed by atoms with Crippen LogP contribution >= 0.6 is 0 Å². The number of nitro groups is 1. The Labute approximate surface area is 112 Å². The number of sulfone groups is 1. The molecule has 0 fully saturated rings. The van der Waals surface area contributed by atoms with Crippen molar-refractivity contribution in [3.8, 4) is 5.75 Å². The van der Waals surface area contributed by atoms with Gasteiger partial charge in [0.2, 0.25) is 5.75 Å². The monoisotopic (exact) mass is 303 g/mol. The molecule has 1 N–H and O–H groups in total. The van der Waals surface area contributed by atoms with E-state index < -0.39 is 44.6 Å². The molecule has 10 heteroatoms. The van der Waals surface area contributed by atoms with Crippen LogP contribution in [0.5, 0.6) is 5.75 Å². The minimum absolute atomic E-state index is 0.317. The Kier molecular flexibility index (Phi) is 4.40. The molecule has 0 radical (unpaired) electrons. The largest absolute Gasteiger partial charge is 0.481 e. The summed E-state index contributed by atoms with van der Waals surface area (Å²) >= 11 is 0. The number of hydrogen-bond donors (Lipinski definition) is 1. The Morgan fingerprint density at radius 1 is 1.40 bits per heavy atom. The molecule has 1 aromatic rings. The van der Waals surface area contributed by atoms with E-state index in [9.17, 15) is 28.1 Å². The van der Waals surface area contributed by atoms with Crippen molar-refractivity contribution in [1.29, 1.82) is 0 Å². The Bertz CT molecular complexity index is 678. The summed E-state index contributed by atoms with van der Waals surface area (Å²) < 4.78 is 27.1. The van der Waals surface area contributed by atoms with Gasteiger partial charge < -0.3 is 9.84 Å². The fourth-order valence-corrected chi connectivity index (χ4v) is 1.88. The molecular formula is C10H9NO8S. The van der Waals surface area contributed by atoms with Crippen LogP contribution < -0.4 is 4.74 Å². The molecule has 0 bridgehead atoms. The molecule has 1 rings (SSSR count). The van der Waals surface area contributed by atoms with Crippen LogP contribution in [0.25, 0.3) is 0 Å². The standard InChI is InChI=1S/C10H9NO8S/c1-20(17,18)6-2-3-8(7(4-6)11(15)16)19-10(14)5-9(12)13/h2-4H,5H2,1H3,(H,12,13). The minimum atomic E-state index is -3.66. The van der Waals surface area contributed by atoms with Crippen LogP contribution in [-0.4, -0.2) is 36.6 Å². The molecule has 0 spiro atoms. The maximum Gasteiger partial charge on any atom is 0.322 e. The molecule has 0 saturated carbocycles. The van der Waals surface area contributed by atoms with E-state index in [1.807, 2.05) is 0 Å². The number of carbonyl (C=O) groups excluding carboxylic acids is 1. The molecule has 108 valence electrons. The van der Waals surface area contributed by atoms with Crippen LogP contribution in [0.3, 0.4) is 0 Å². The molecule has 0 aliphatic carbocycles. The summed E-state index contributed by atoms with van der Waals surface area (Å²) in [7, 11) is -3.66. The second-order valence-electron chi connectivity index (χ2n) is 3.70. The molecule has 1 aromatic carbocycles. The summed E-state index contributed by atoms with van der Waals surface area (Å²) in [5.41, 5.74) is -0.744. The Balaban J connectivity index is 3.18. The van der Waals surface area contributed by atoms with E-state index in [0.717, 1.165) is 24.5 Å². The summed E-state index contributed by atoms with van der Waals surface area (Å²) in [5, 5.41) is 19.2. The maximum atomic E-state index is 11.3. The fraction of sp³-hybridized carbons (Fsp3) is 0.200. The first-order valence-electron chi connectivity index (χ1n) is 5.02. The van der Waals surface area contributed by atoms with Crippen LogP contribution in [0, 0.1) is 10.1 Å². The molecule has 0 aromatic heterocycles. The quantitative estimate of drug-likeness (QED) is 0.270. The molecule has 9 nitrogen and oxygen atoms in total. The zero-order valence-corrected chi connectivity index (χ0v) is 10.9. The number of carbonyl (C=O) groups is 2. The first-order valence-corrected chi connectivity index (χ1v) is 6.91. The molecule has 0 aliphatic heterocycles. The van der Waals surface area contributed by atoms with Crippen LogP contribution in [0.4, 0.5) is 5.69 Å². The number of rotatable bonds is 5. The van der Waals surface area contributed by atoms with Gasteiger partial charge in [-0.15, -0.1) is 0 Å². The summed E-state index contributed by atoms with van der Waals surface area (Å²) in [6.07, 6.45) is -0.104. The zero-order valence-electron chi connectivity index (χ0n) is 10.1. The average Bonchev–Trinajstić information content (AvgIpc) is 2.26. The molecule has 0 aliphatic rings. The molecule has 0 saturated heterocycles. The summed E-state index contributed by atoms with van der Waals surface area (Å²) in [4.78, 5) is 31.0. The number of esters is 1. The van der Waals surface area contributed by atoms with Gasteiger partial charge in [-0.05, 0) is 12.1 Å². The third-order valence-electron chi connectivity index (χ3n) is 2.07. The van der Waals surface area contributed by atoms with Crippen molar-refractivity contribution in [2.75, 3.05) is 6.26 Å². The summed E-state index contributed by atoms with van der Waals surface area (Å²) in [5.74, 6) is -3.17. The number of nitro benzene ring substituents is 1. The number of benzene rings is 1. The van der Waals surface area contributed by atoms with Gasteiger partial charge in [-0.1, -0.05) is 0 Å². The predicted molar refractivity (Wildman–Crippen MR) is 64.1 cm³/mol. The van der Waals surface area contributed by atoms with Gasteiger partial charge in [-0.2, -0.15) is 0 Å². The van der Waals surface area contributed by atoms with Crippen molar-refractivity contribution in [2.45, 2.75) is 11.3 Å². The lowest BCUT2D eigenvalue weighted by atomic mass is 10.3. The highest BCUT2D eigenvalue weighted by Crippen LogP contribution is 2.29. The predicted octanol–water partition coefficient (Wildman–Crippen LogP) is 0.378. The van der Waals surface area contributed by atoms with Crippen LogP contribution in [0.15, 0.2) is 23.1 Å². The van der Waals surface area contributed by atoms with Crippen molar-refractivity contribution >= 4 is 27.5 Å². The molecular weight excluding hydrogens is 294 g/mol. The summed E-state index contributed by atoms with van der Waals surface area (Å²) in [6, 6.07) is 2.68. The van der Waals surface area contributed by atoms with Gasteiger partial charge >= 0.3 is 17.6 Å².